The van der Waals surface area contributed by atoms with Crippen LogP contribution in [0.1, 0.15) is 6.42 Å². The molecule has 0 aliphatic rings. The van der Waals surface area contributed by atoms with E-state index in [9.17, 15) is 4.79 Å². The molecule has 0 aliphatic heterocycles. The molecule has 0 heterocycles. The third kappa shape index (κ3) is 6.47. The molecule has 0 saturated carbocycles. The minimum absolute atomic E-state index is 0.238. The van der Waals surface area contributed by atoms with E-state index >= 15 is 0 Å². The summed E-state index contributed by atoms with van der Waals surface area (Å²) in [6, 6.07) is 0. The molecule has 0 saturated heterocycles. The van der Waals surface area contributed by atoms with Gasteiger partial charge in [-0.25, -0.2) is 0 Å². The number of aliphatic carboxylic acids is 1. The van der Waals surface area contributed by atoms with E-state index in [1.54, 1.807) is 0 Å². The summed E-state index contributed by atoms with van der Waals surface area (Å²) in [5.74, 6) is -1.06. The number of aliphatic hydroxyl groups excluding tert-OH is 1. The molecule has 0 radical (unpaired) electrons. The lowest BCUT2D eigenvalue weighted by molar-refractivity contribution is -0.140. The van der Waals surface area contributed by atoms with Crippen LogP contribution >= 0.6 is 0 Å². The van der Waals surface area contributed by atoms with Crippen LogP contribution in [0, 0.1) is 0 Å². The first kappa shape index (κ1) is 12.3. The average molecular weight is 193 g/mol. The van der Waals surface area contributed by atoms with Gasteiger partial charge in [-0.3, -0.25) is 10.1 Å². The van der Waals surface area contributed by atoms with Crippen molar-refractivity contribution in [2.75, 3.05) is 20.8 Å². The van der Waals surface area contributed by atoms with Crippen molar-refractivity contribution in [2.45, 2.75) is 18.9 Å². The zero-order valence-electron chi connectivity index (χ0n) is 7.69. The molecule has 78 valence electrons. The first-order valence-corrected chi connectivity index (χ1v) is 3.79. The number of carbonyl (C=O) groups is 1. The number of carboxylic acid groups (broad SMARTS) is 1. The van der Waals surface area contributed by atoms with Crippen LogP contribution in [0.25, 0.3) is 0 Å². The van der Waals surface area contributed by atoms with Crippen LogP contribution in [0.4, 0.5) is 0 Å². The van der Waals surface area contributed by atoms with Gasteiger partial charge in [0.25, 0.3) is 0 Å². The van der Waals surface area contributed by atoms with Crippen molar-refractivity contribution >= 4 is 5.97 Å². The summed E-state index contributed by atoms with van der Waals surface area (Å²) in [6.45, 7) is 0.238. The highest BCUT2D eigenvalue weighted by molar-refractivity contribution is 5.67. The Hall–Kier alpha value is -0.690. The first-order chi connectivity index (χ1) is 6.10. The second kappa shape index (κ2) is 6.79. The SMILES string of the molecule is COC(CN[C@H](O)CC(=O)O)OC. The Morgan fingerprint density at radius 3 is 2.38 bits per heavy atom. The lowest BCUT2D eigenvalue weighted by Gasteiger charge is -2.16. The number of nitrogens with one attached hydrogen (secondary N) is 1. The fraction of sp³-hybridized carbons (Fsp3) is 0.857. The molecule has 0 spiro atoms. The molecule has 0 aromatic carbocycles. The Kier molecular flexibility index (Phi) is 6.43. The summed E-state index contributed by atoms with van der Waals surface area (Å²) in [7, 11) is 2.92. The molecule has 0 amide bonds. The van der Waals surface area contributed by atoms with Gasteiger partial charge in [-0.2, -0.15) is 0 Å². The number of carboxylic acids is 1. The first-order valence-electron chi connectivity index (χ1n) is 3.79. The van der Waals surface area contributed by atoms with Crippen LogP contribution in [-0.4, -0.2) is 49.5 Å². The number of aliphatic hydroxyl groups is 1. The predicted molar refractivity (Wildman–Crippen MR) is 44.1 cm³/mol. The van der Waals surface area contributed by atoms with Gasteiger partial charge >= 0.3 is 5.97 Å². The Morgan fingerprint density at radius 1 is 1.46 bits per heavy atom. The monoisotopic (exact) mass is 193 g/mol. The number of rotatable bonds is 7. The molecule has 6 nitrogen and oxygen atoms in total. The van der Waals surface area contributed by atoms with Gasteiger partial charge in [0.2, 0.25) is 0 Å². The van der Waals surface area contributed by atoms with E-state index < -0.39 is 18.5 Å². The Labute approximate surface area is 76.5 Å². The lowest BCUT2D eigenvalue weighted by Crippen LogP contribution is -2.38. The zero-order chi connectivity index (χ0) is 10.3. The van der Waals surface area contributed by atoms with E-state index in [0.29, 0.717) is 0 Å². The molecule has 0 aromatic rings. The maximum Gasteiger partial charge on any atom is 0.307 e. The summed E-state index contributed by atoms with van der Waals surface area (Å²) in [6.07, 6.45) is -1.91. The molecule has 13 heavy (non-hydrogen) atoms. The van der Waals surface area contributed by atoms with Gasteiger partial charge in [0, 0.05) is 20.8 Å². The van der Waals surface area contributed by atoms with Gasteiger partial charge in [-0.05, 0) is 0 Å². The topological polar surface area (TPSA) is 88.0 Å². The summed E-state index contributed by atoms with van der Waals surface area (Å²) in [4.78, 5) is 10.1. The van der Waals surface area contributed by atoms with Gasteiger partial charge in [0.1, 0.15) is 6.23 Å². The molecule has 0 rings (SSSR count). The van der Waals surface area contributed by atoms with Crippen molar-refractivity contribution in [3.8, 4) is 0 Å². The van der Waals surface area contributed by atoms with Gasteiger partial charge in [-0.15, -0.1) is 0 Å². The van der Waals surface area contributed by atoms with Crippen LogP contribution in [0.15, 0.2) is 0 Å². The Morgan fingerprint density at radius 2 is 2.00 bits per heavy atom. The van der Waals surface area contributed by atoms with Crippen molar-refractivity contribution in [1.29, 1.82) is 0 Å². The number of methoxy groups -OCH3 is 2. The number of hydrogen-bond donors (Lipinski definition) is 3. The summed E-state index contributed by atoms with van der Waals surface area (Å²) >= 11 is 0. The van der Waals surface area contributed by atoms with Gasteiger partial charge in [0.05, 0.1) is 6.42 Å². The Balaban J connectivity index is 3.55. The highest BCUT2D eigenvalue weighted by Gasteiger charge is 2.11. The normalized spacial score (nSPS) is 13.2. The quantitative estimate of drug-likeness (QED) is 0.449. The van der Waals surface area contributed by atoms with Gasteiger partial charge in [0.15, 0.2) is 6.29 Å². The third-order valence-corrected chi connectivity index (χ3v) is 1.41. The number of ether oxygens (including phenoxy) is 2. The smallest absolute Gasteiger partial charge is 0.307 e. The Bertz CT molecular complexity index is 148. The van der Waals surface area contributed by atoms with Crippen LogP contribution in [-0.2, 0) is 14.3 Å². The van der Waals surface area contributed by atoms with Gasteiger partial charge in [-0.1, -0.05) is 0 Å². The standard InChI is InChI=1S/C7H15NO5/c1-12-7(13-2)4-8-5(9)3-6(10)11/h5,7-9H,3-4H2,1-2H3,(H,10,11)/t5-/m1/s1. The maximum atomic E-state index is 10.1. The van der Waals surface area contributed by atoms with Crippen LogP contribution in [0.5, 0.6) is 0 Å². The maximum absolute atomic E-state index is 10.1. The van der Waals surface area contributed by atoms with E-state index in [-0.39, 0.29) is 13.0 Å². The molecule has 6 heteroatoms. The van der Waals surface area contributed by atoms with Crippen molar-refractivity contribution in [1.82, 2.24) is 5.32 Å². The molecule has 0 unspecified atom stereocenters. The molecule has 0 aromatic heterocycles. The summed E-state index contributed by atoms with van der Waals surface area (Å²) < 4.78 is 9.62. The highest BCUT2D eigenvalue weighted by atomic mass is 16.7. The van der Waals surface area contributed by atoms with Crippen LogP contribution < -0.4 is 5.32 Å². The number of hydrogen-bond acceptors (Lipinski definition) is 5. The van der Waals surface area contributed by atoms with Gasteiger partial charge < -0.3 is 19.7 Å². The lowest BCUT2D eigenvalue weighted by atomic mass is 10.4. The van der Waals surface area contributed by atoms with Crippen molar-refractivity contribution in [2.24, 2.45) is 0 Å². The fourth-order valence-corrected chi connectivity index (χ4v) is 0.733. The van der Waals surface area contributed by atoms with Crippen molar-refractivity contribution in [3.63, 3.8) is 0 Å². The minimum Gasteiger partial charge on any atom is -0.481 e. The largest absolute Gasteiger partial charge is 0.481 e. The molecule has 0 bridgehead atoms. The van der Waals surface area contributed by atoms with E-state index in [4.69, 9.17) is 19.7 Å². The van der Waals surface area contributed by atoms with Crippen molar-refractivity contribution in [3.05, 3.63) is 0 Å². The van der Waals surface area contributed by atoms with E-state index in [2.05, 4.69) is 5.32 Å². The van der Waals surface area contributed by atoms with Crippen LogP contribution in [0.2, 0.25) is 0 Å². The third-order valence-electron chi connectivity index (χ3n) is 1.41. The molecule has 0 aliphatic carbocycles. The van der Waals surface area contributed by atoms with Crippen LogP contribution in [0.3, 0.4) is 0 Å². The fourth-order valence-electron chi connectivity index (χ4n) is 0.733. The van der Waals surface area contributed by atoms with E-state index in [0.717, 1.165) is 0 Å². The molecule has 1 atom stereocenters. The highest BCUT2D eigenvalue weighted by Crippen LogP contribution is 1.91. The molecule has 0 fully saturated rings. The zero-order valence-corrected chi connectivity index (χ0v) is 7.69. The minimum atomic E-state index is -1.08. The second-order valence-corrected chi connectivity index (χ2v) is 2.42. The summed E-state index contributed by atoms with van der Waals surface area (Å²) in [5, 5.41) is 19.9. The van der Waals surface area contributed by atoms with E-state index in [1.165, 1.54) is 14.2 Å². The predicted octanol–water partition coefficient (Wildman–Crippen LogP) is -1.01. The summed E-state index contributed by atoms with van der Waals surface area (Å²) in [5.41, 5.74) is 0. The average Bonchev–Trinajstić information content (AvgIpc) is 2.05. The second-order valence-electron chi connectivity index (χ2n) is 2.42. The van der Waals surface area contributed by atoms with Crippen molar-refractivity contribution < 1.29 is 24.5 Å². The van der Waals surface area contributed by atoms with E-state index in [1.807, 2.05) is 0 Å². The molecule has 3 N–H and O–H groups in total. The molecular formula is C7H15NO5. The molecular weight excluding hydrogens is 178 g/mol.